The molecule has 0 aromatic heterocycles. The number of carbonyl (C=O) groups excluding carboxylic acids is 1. The van der Waals surface area contributed by atoms with Crippen LogP contribution in [0.2, 0.25) is 0 Å². The van der Waals surface area contributed by atoms with Gasteiger partial charge in [0.05, 0.1) is 20.6 Å². The first-order valence-corrected chi connectivity index (χ1v) is 7.81. The standard InChI is InChI=1S/C17H26N2O3/c1-18-11-13-6-5-9-19(12-13)17(20)10-14-15(21-2)7-4-8-16(14)22-3/h4,7-8,13,18H,5-6,9-12H2,1-3H3. The number of hydrogen-bond donors (Lipinski definition) is 1. The lowest BCUT2D eigenvalue weighted by Crippen LogP contribution is -2.43. The van der Waals surface area contributed by atoms with Crippen molar-refractivity contribution in [3.63, 3.8) is 0 Å². The van der Waals surface area contributed by atoms with Crippen LogP contribution < -0.4 is 14.8 Å². The third-order valence-electron chi connectivity index (χ3n) is 4.22. The summed E-state index contributed by atoms with van der Waals surface area (Å²) in [6, 6.07) is 5.60. The van der Waals surface area contributed by atoms with Crippen LogP contribution in [0.3, 0.4) is 0 Å². The van der Waals surface area contributed by atoms with E-state index < -0.39 is 0 Å². The maximum atomic E-state index is 12.6. The first-order valence-electron chi connectivity index (χ1n) is 7.81. The zero-order valence-electron chi connectivity index (χ0n) is 13.7. The van der Waals surface area contributed by atoms with E-state index >= 15 is 0 Å². The fourth-order valence-corrected chi connectivity index (χ4v) is 3.11. The summed E-state index contributed by atoms with van der Waals surface area (Å²) in [7, 11) is 5.19. The number of nitrogens with zero attached hydrogens (tertiary/aromatic N) is 1. The number of amides is 1. The van der Waals surface area contributed by atoms with Gasteiger partial charge in [-0.1, -0.05) is 6.07 Å². The lowest BCUT2D eigenvalue weighted by atomic mass is 9.97. The van der Waals surface area contributed by atoms with Crippen molar-refractivity contribution < 1.29 is 14.3 Å². The van der Waals surface area contributed by atoms with Crippen LogP contribution in [-0.2, 0) is 11.2 Å². The quantitative estimate of drug-likeness (QED) is 0.869. The van der Waals surface area contributed by atoms with Gasteiger partial charge in [-0.3, -0.25) is 4.79 Å². The van der Waals surface area contributed by atoms with Crippen molar-refractivity contribution in [1.82, 2.24) is 10.2 Å². The topological polar surface area (TPSA) is 50.8 Å². The molecule has 1 atom stereocenters. The first-order chi connectivity index (χ1) is 10.7. The molecule has 22 heavy (non-hydrogen) atoms. The second-order valence-corrected chi connectivity index (χ2v) is 5.72. The number of rotatable bonds is 6. The molecule has 1 amide bonds. The van der Waals surface area contributed by atoms with Crippen LogP contribution in [0, 0.1) is 5.92 Å². The number of carbonyl (C=O) groups is 1. The van der Waals surface area contributed by atoms with E-state index in [1.54, 1.807) is 14.2 Å². The smallest absolute Gasteiger partial charge is 0.227 e. The Bertz CT molecular complexity index is 480. The molecule has 2 rings (SSSR count). The Morgan fingerprint density at radius 2 is 2.00 bits per heavy atom. The largest absolute Gasteiger partial charge is 0.496 e. The summed E-state index contributed by atoms with van der Waals surface area (Å²) in [5.74, 6) is 2.10. The van der Waals surface area contributed by atoms with Gasteiger partial charge in [0, 0.05) is 18.7 Å². The van der Waals surface area contributed by atoms with Crippen LogP contribution >= 0.6 is 0 Å². The number of methoxy groups -OCH3 is 2. The maximum Gasteiger partial charge on any atom is 0.227 e. The van der Waals surface area contributed by atoms with Crippen molar-refractivity contribution in [3.05, 3.63) is 23.8 Å². The van der Waals surface area contributed by atoms with Crippen molar-refractivity contribution in [2.24, 2.45) is 5.92 Å². The van der Waals surface area contributed by atoms with Crippen molar-refractivity contribution in [2.45, 2.75) is 19.3 Å². The minimum absolute atomic E-state index is 0.142. The van der Waals surface area contributed by atoms with Gasteiger partial charge in [-0.05, 0) is 44.5 Å². The normalized spacial score (nSPS) is 18.1. The first kappa shape index (κ1) is 16.6. The van der Waals surface area contributed by atoms with Crippen molar-refractivity contribution >= 4 is 5.91 Å². The second-order valence-electron chi connectivity index (χ2n) is 5.72. The number of hydrogen-bond acceptors (Lipinski definition) is 4. The Kier molecular flexibility index (Phi) is 6.07. The molecule has 1 unspecified atom stereocenters. The highest BCUT2D eigenvalue weighted by Crippen LogP contribution is 2.29. The lowest BCUT2D eigenvalue weighted by Gasteiger charge is -2.33. The third-order valence-corrected chi connectivity index (χ3v) is 4.22. The van der Waals surface area contributed by atoms with Crippen LogP contribution in [-0.4, -0.2) is 51.7 Å². The highest BCUT2D eigenvalue weighted by atomic mass is 16.5. The maximum absolute atomic E-state index is 12.6. The monoisotopic (exact) mass is 306 g/mol. The molecule has 1 aliphatic heterocycles. The Labute approximate surface area is 132 Å². The number of likely N-dealkylation sites (tertiary alicyclic amines) is 1. The number of ether oxygens (including phenoxy) is 2. The van der Waals surface area contributed by atoms with Gasteiger partial charge in [-0.15, -0.1) is 0 Å². The number of nitrogens with one attached hydrogen (secondary N) is 1. The minimum Gasteiger partial charge on any atom is -0.496 e. The fraction of sp³-hybridized carbons (Fsp3) is 0.588. The Balaban J connectivity index is 2.08. The van der Waals surface area contributed by atoms with E-state index in [0.717, 1.165) is 31.6 Å². The van der Waals surface area contributed by atoms with Crippen LogP contribution in [0.15, 0.2) is 18.2 Å². The molecule has 0 saturated carbocycles. The molecule has 0 spiro atoms. The van der Waals surface area contributed by atoms with E-state index in [9.17, 15) is 4.79 Å². The zero-order chi connectivity index (χ0) is 15.9. The second kappa shape index (κ2) is 8.03. The van der Waals surface area contributed by atoms with Crippen LogP contribution in [0.5, 0.6) is 11.5 Å². The Hall–Kier alpha value is -1.75. The molecule has 1 aliphatic rings. The molecule has 5 nitrogen and oxygen atoms in total. The SMILES string of the molecule is CNCC1CCCN(C(=O)Cc2c(OC)cccc2OC)C1. The number of piperidine rings is 1. The van der Waals surface area contributed by atoms with Gasteiger partial charge in [-0.2, -0.15) is 0 Å². The summed E-state index contributed by atoms with van der Waals surface area (Å²) in [6.07, 6.45) is 2.57. The van der Waals surface area contributed by atoms with E-state index in [2.05, 4.69) is 5.32 Å². The van der Waals surface area contributed by atoms with Gasteiger partial charge in [0.1, 0.15) is 11.5 Å². The van der Waals surface area contributed by atoms with Crippen LogP contribution in [0.1, 0.15) is 18.4 Å². The summed E-state index contributed by atoms with van der Waals surface area (Å²) in [6.45, 7) is 2.63. The third kappa shape index (κ3) is 3.91. The fourth-order valence-electron chi connectivity index (χ4n) is 3.11. The lowest BCUT2D eigenvalue weighted by molar-refractivity contribution is -0.132. The van der Waals surface area contributed by atoms with Crippen molar-refractivity contribution in [1.29, 1.82) is 0 Å². The molecule has 0 radical (unpaired) electrons. The van der Waals surface area contributed by atoms with Gasteiger partial charge < -0.3 is 19.7 Å². The van der Waals surface area contributed by atoms with E-state index in [1.165, 1.54) is 6.42 Å². The molecular weight excluding hydrogens is 280 g/mol. The molecule has 122 valence electrons. The molecule has 1 saturated heterocycles. The van der Waals surface area contributed by atoms with E-state index in [0.29, 0.717) is 23.8 Å². The number of benzene rings is 1. The van der Waals surface area contributed by atoms with Crippen molar-refractivity contribution in [2.75, 3.05) is 40.9 Å². The summed E-state index contributed by atoms with van der Waals surface area (Å²) < 4.78 is 10.7. The molecule has 0 bridgehead atoms. The summed E-state index contributed by atoms with van der Waals surface area (Å²) in [5, 5.41) is 3.21. The molecule has 1 heterocycles. The predicted molar refractivity (Wildman–Crippen MR) is 86.5 cm³/mol. The summed E-state index contributed by atoms with van der Waals surface area (Å²) >= 11 is 0. The van der Waals surface area contributed by atoms with E-state index in [1.807, 2.05) is 30.1 Å². The highest BCUT2D eigenvalue weighted by Gasteiger charge is 2.25. The molecule has 1 aromatic rings. The minimum atomic E-state index is 0.142. The average Bonchev–Trinajstić information content (AvgIpc) is 2.55. The van der Waals surface area contributed by atoms with Gasteiger partial charge in [-0.25, -0.2) is 0 Å². The Morgan fingerprint density at radius 3 is 2.59 bits per heavy atom. The van der Waals surface area contributed by atoms with Gasteiger partial charge >= 0.3 is 0 Å². The molecular formula is C17H26N2O3. The van der Waals surface area contributed by atoms with Gasteiger partial charge in [0.2, 0.25) is 5.91 Å². The highest BCUT2D eigenvalue weighted by molar-refractivity contribution is 5.80. The average molecular weight is 306 g/mol. The van der Waals surface area contributed by atoms with E-state index in [4.69, 9.17) is 9.47 Å². The molecule has 1 fully saturated rings. The van der Waals surface area contributed by atoms with Gasteiger partial charge in [0.25, 0.3) is 0 Å². The molecule has 0 aliphatic carbocycles. The summed E-state index contributed by atoms with van der Waals surface area (Å²) in [5.41, 5.74) is 0.827. The van der Waals surface area contributed by atoms with Crippen LogP contribution in [0.25, 0.3) is 0 Å². The molecule has 1 N–H and O–H groups in total. The molecule has 5 heteroatoms. The predicted octanol–water partition coefficient (Wildman–Crippen LogP) is 1.70. The van der Waals surface area contributed by atoms with Crippen molar-refractivity contribution in [3.8, 4) is 11.5 Å². The Morgan fingerprint density at radius 1 is 1.32 bits per heavy atom. The molecule has 1 aromatic carbocycles. The van der Waals surface area contributed by atoms with E-state index in [-0.39, 0.29) is 5.91 Å². The zero-order valence-corrected chi connectivity index (χ0v) is 13.7. The van der Waals surface area contributed by atoms with Crippen LogP contribution in [0.4, 0.5) is 0 Å². The summed E-state index contributed by atoms with van der Waals surface area (Å²) in [4.78, 5) is 14.6. The van der Waals surface area contributed by atoms with Gasteiger partial charge in [0.15, 0.2) is 0 Å².